The Morgan fingerprint density at radius 3 is 1.00 bits per heavy atom. The first-order valence-electron chi connectivity index (χ1n) is 10.0. The topological polar surface area (TPSA) is 36.9 Å². The van der Waals surface area contributed by atoms with Crippen LogP contribution in [0, 0.1) is 0 Å². The van der Waals surface area contributed by atoms with Crippen LogP contribution in [0.2, 0.25) is 64.5 Å². The first kappa shape index (κ1) is 28.1. The van der Waals surface area contributed by atoms with Crippen LogP contribution < -0.4 is 0 Å². The summed E-state index contributed by atoms with van der Waals surface area (Å²) in [5, 5.41) is 0. The van der Waals surface area contributed by atoms with Crippen molar-refractivity contribution in [3.05, 3.63) is 0 Å². The Morgan fingerprint density at radius 2 is 0.815 bits per heavy atom. The van der Waals surface area contributed by atoms with Gasteiger partial charge in [0.1, 0.15) is 0 Å². The monoisotopic (exact) mass is 470 g/mol. The molecule has 0 bridgehead atoms. The van der Waals surface area contributed by atoms with Gasteiger partial charge in [-0.25, -0.2) is 0 Å². The van der Waals surface area contributed by atoms with E-state index in [0.29, 0.717) is 0 Å². The van der Waals surface area contributed by atoms with Gasteiger partial charge in [0.2, 0.25) is 0 Å². The average molecular weight is 471 g/mol. The minimum Gasteiger partial charge on any atom is -0.398 e. The van der Waals surface area contributed by atoms with Crippen molar-refractivity contribution in [2.24, 2.45) is 0 Å². The highest BCUT2D eigenvalue weighted by Gasteiger charge is 2.39. The van der Waals surface area contributed by atoms with Crippen molar-refractivity contribution < 1.29 is 17.7 Å². The van der Waals surface area contributed by atoms with Crippen LogP contribution in [-0.4, -0.2) is 71.5 Å². The number of hydrogen-bond acceptors (Lipinski definition) is 5. The van der Waals surface area contributed by atoms with E-state index in [4.69, 9.17) is 17.7 Å². The molecule has 9 heteroatoms. The van der Waals surface area contributed by atoms with Crippen LogP contribution in [-0.2, 0) is 17.7 Å². The summed E-state index contributed by atoms with van der Waals surface area (Å²) in [5.41, 5.74) is 0. The normalized spacial score (nSPS) is 16.4. The van der Waals surface area contributed by atoms with Gasteiger partial charge in [0.15, 0.2) is 0 Å². The van der Waals surface area contributed by atoms with Gasteiger partial charge in [0.25, 0.3) is 0 Å². The molecule has 164 valence electrons. The maximum absolute atomic E-state index is 5.75. The average Bonchev–Trinajstić information content (AvgIpc) is 2.58. The van der Waals surface area contributed by atoms with E-state index in [1.54, 1.807) is 28.4 Å². The molecule has 2 unspecified atom stereocenters. The van der Waals surface area contributed by atoms with Gasteiger partial charge in [0.05, 0.1) is 16.1 Å². The van der Waals surface area contributed by atoms with Crippen molar-refractivity contribution in [3.8, 4) is 0 Å². The molecule has 0 saturated carbocycles. The van der Waals surface area contributed by atoms with E-state index in [0.717, 1.165) is 21.8 Å². The molecule has 0 aliphatic heterocycles. The molecule has 4 nitrogen and oxygen atoms in total. The predicted octanol–water partition coefficient (Wildman–Crippen LogP) is 5.72. The first-order chi connectivity index (χ1) is 12.2. The van der Waals surface area contributed by atoms with Crippen molar-refractivity contribution in [1.82, 2.24) is 0 Å². The molecular weight excluding hydrogens is 425 g/mol. The zero-order valence-corrected chi connectivity index (χ0v) is 24.8. The number of thioether (sulfide) groups is 1. The van der Waals surface area contributed by atoms with Crippen molar-refractivity contribution in [1.29, 1.82) is 0 Å². The summed E-state index contributed by atoms with van der Waals surface area (Å²) in [6, 6.07) is 2.14. The molecule has 0 spiro atoms. The Bertz CT molecular complexity index is 381. The molecule has 0 aliphatic rings. The molecule has 0 amide bonds. The summed E-state index contributed by atoms with van der Waals surface area (Å²) in [6.45, 7) is 19.4. The molecule has 0 aromatic carbocycles. The second kappa shape index (κ2) is 11.4. The SMILES string of the molecule is CO[Si](C)(CCC(SC(CC[Si](C)(OC)OC)[Si](C)(C)C)[Si](C)(C)C)OC. The molecule has 0 aliphatic carbocycles. The molecule has 27 heavy (non-hydrogen) atoms. The highest BCUT2D eigenvalue weighted by atomic mass is 32.2. The van der Waals surface area contributed by atoms with Gasteiger partial charge in [0, 0.05) is 28.4 Å². The first-order valence-corrected chi connectivity index (χ1v) is 23.2. The van der Waals surface area contributed by atoms with Crippen LogP contribution in [0.3, 0.4) is 0 Å². The summed E-state index contributed by atoms with van der Waals surface area (Å²) in [4.78, 5) is 1.45. The van der Waals surface area contributed by atoms with Crippen LogP contribution >= 0.6 is 11.8 Å². The van der Waals surface area contributed by atoms with Crippen molar-refractivity contribution in [2.75, 3.05) is 28.4 Å². The number of rotatable bonds is 14. The lowest BCUT2D eigenvalue weighted by atomic mass is 10.5. The zero-order chi connectivity index (χ0) is 21.5. The Hall–Kier alpha value is 1.06. The fourth-order valence-corrected chi connectivity index (χ4v) is 14.3. The largest absolute Gasteiger partial charge is 0.398 e. The van der Waals surface area contributed by atoms with E-state index >= 15 is 0 Å². The lowest BCUT2D eigenvalue weighted by Crippen LogP contribution is -2.46. The Labute approximate surface area is 178 Å². The molecule has 0 aromatic heterocycles. The van der Waals surface area contributed by atoms with Crippen LogP contribution in [0.4, 0.5) is 0 Å². The van der Waals surface area contributed by atoms with E-state index in [2.05, 4.69) is 64.1 Å². The van der Waals surface area contributed by atoms with Gasteiger partial charge in [-0.05, 0) is 47.8 Å². The molecule has 0 radical (unpaired) electrons. The fourth-order valence-electron chi connectivity index (χ4n) is 2.97. The van der Waals surface area contributed by atoms with E-state index < -0.39 is 33.3 Å². The zero-order valence-electron chi connectivity index (χ0n) is 20.0. The molecule has 0 N–H and O–H groups in total. The minimum atomic E-state index is -2.01. The van der Waals surface area contributed by atoms with E-state index in [1.807, 2.05) is 0 Å². The van der Waals surface area contributed by atoms with Gasteiger partial charge in [-0.3, -0.25) is 0 Å². The maximum atomic E-state index is 5.75. The summed E-state index contributed by atoms with van der Waals surface area (Å²) in [7, 11) is 0.598. The van der Waals surface area contributed by atoms with Gasteiger partial charge in [-0.1, -0.05) is 39.3 Å². The van der Waals surface area contributed by atoms with Crippen molar-refractivity contribution in [3.63, 3.8) is 0 Å². The molecule has 0 aromatic rings. The second-order valence-electron chi connectivity index (χ2n) is 10.0. The Kier molecular flexibility index (Phi) is 11.9. The lowest BCUT2D eigenvalue weighted by Gasteiger charge is -2.38. The smallest absolute Gasteiger partial charge is 0.334 e. The van der Waals surface area contributed by atoms with E-state index in [9.17, 15) is 0 Å². The lowest BCUT2D eigenvalue weighted by molar-refractivity contribution is 0.248. The molecular formula is C18H46O4SSi4. The standard InChI is InChI=1S/C18H46O4SSi4/c1-19-26(11,20-2)15-13-17(24(5,6)7)23-18(25(8,9)10)14-16-27(12,21-3)22-4/h17-18H,13-16H2,1-12H3. The summed E-state index contributed by atoms with van der Waals surface area (Å²) in [6.07, 6.45) is 2.41. The van der Waals surface area contributed by atoms with Crippen LogP contribution in [0.5, 0.6) is 0 Å². The molecule has 2 atom stereocenters. The third-order valence-corrected chi connectivity index (χ3v) is 22.2. The quantitative estimate of drug-likeness (QED) is 0.303. The third-order valence-electron chi connectivity index (χ3n) is 5.71. The van der Waals surface area contributed by atoms with Crippen molar-refractivity contribution >= 4 is 45.0 Å². The van der Waals surface area contributed by atoms with E-state index in [1.165, 1.54) is 12.8 Å². The van der Waals surface area contributed by atoms with Crippen LogP contribution in [0.25, 0.3) is 0 Å². The van der Waals surface area contributed by atoms with Crippen LogP contribution in [0.1, 0.15) is 12.8 Å². The molecule has 0 heterocycles. The fraction of sp³-hybridized carbons (Fsp3) is 1.00. The summed E-state index contributed by atoms with van der Waals surface area (Å²) >= 11 is 2.27. The maximum Gasteiger partial charge on any atom is 0.334 e. The highest BCUT2D eigenvalue weighted by molar-refractivity contribution is 8.03. The minimum absolute atomic E-state index is 0.726. The summed E-state index contributed by atoms with van der Waals surface area (Å²) in [5.74, 6) is 0. The van der Waals surface area contributed by atoms with Gasteiger partial charge in [-0.15, -0.1) is 0 Å². The second-order valence-corrected chi connectivity index (χ2v) is 30.3. The predicted molar refractivity (Wildman–Crippen MR) is 132 cm³/mol. The summed E-state index contributed by atoms with van der Waals surface area (Å²) < 4.78 is 23.0. The third kappa shape index (κ3) is 10.1. The van der Waals surface area contributed by atoms with Gasteiger partial charge >= 0.3 is 17.1 Å². The Balaban J connectivity index is 5.28. The number of hydrogen-bond donors (Lipinski definition) is 0. The Morgan fingerprint density at radius 1 is 0.556 bits per heavy atom. The van der Waals surface area contributed by atoms with Gasteiger partial charge in [-0.2, -0.15) is 11.8 Å². The van der Waals surface area contributed by atoms with Crippen molar-refractivity contribution in [2.45, 2.75) is 87.1 Å². The highest BCUT2D eigenvalue weighted by Crippen LogP contribution is 2.38. The van der Waals surface area contributed by atoms with E-state index in [-0.39, 0.29) is 0 Å². The van der Waals surface area contributed by atoms with Crippen LogP contribution in [0.15, 0.2) is 0 Å². The molecule has 0 saturated heterocycles. The molecule has 0 fully saturated rings. The molecule has 0 rings (SSSR count). The van der Waals surface area contributed by atoms with Gasteiger partial charge < -0.3 is 17.7 Å².